The van der Waals surface area contributed by atoms with E-state index in [1.807, 2.05) is 0 Å². The van der Waals surface area contributed by atoms with Gasteiger partial charge in [0.1, 0.15) is 5.82 Å². The number of carbonyl (C=O) groups is 1. The van der Waals surface area contributed by atoms with E-state index in [0.717, 1.165) is 0 Å². The Kier molecular flexibility index (Phi) is 2.56. The average Bonchev–Trinajstić information content (AvgIpc) is 2.57. The van der Waals surface area contributed by atoms with Crippen molar-refractivity contribution in [3.63, 3.8) is 0 Å². The largest absolute Gasteiger partial charge is 0.288 e. The van der Waals surface area contributed by atoms with Gasteiger partial charge < -0.3 is 0 Å². The van der Waals surface area contributed by atoms with E-state index in [4.69, 9.17) is 0 Å². The third-order valence-electron chi connectivity index (χ3n) is 2.34. The number of aryl methyl sites for hydroxylation is 2. The molecule has 0 amide bonds. The molecule has 0 N–H and O–H groups in total. The van der Waals surface area contributed by atoms with E-state index in [2.05, 4.69) is 5.10 Å². The fourth-order valence-electron chi connectivity index (χ4n) is 1.61. The number of carbonyl (C=O) groups excluding carboxylic acids is 1. The van der Waals surface area contributed by atoms with E-state index < -0.39 is 5.82 Å². The summed E-state index contributed by atoms with van der Waals surface area (Å²) in [6.45, 7) is 1.76. The minimum atomic E-state index is -0.410. The monoisotopic (exact) mass is 218 g/mol. The van der Waals surface area contributed by atoms with Gasteiger partial charge in [-0.25, -0.2) is 4.39 Å². The van der Waals surface area contributed by atoms with Gasteiger partial charge in [-0.3, -0.25) is 9.48 Å². The predicted octanol–water partition coefficient (Wildman–Crippen LogP) is 2.10. The number of aromatic nitrogens is 2. The summed E-state index contributed by atoms with van der Waals surface area (Å²) in [6.07, 6.45) is 1.64. The Morgan fingerprint density at radius 1 is 1.44 bits per heavy atom. The number of ketones is 1. The van der Waals surface area contributed by atoms with Gasteiger partial charge in [-0.05, 0) is 19.1 Å². The van der Waals surface area contributed by atoms with Gasteiger partial charge in [-0.15, -0.1) is 0 Å². The van der Waals surface area contributed by atoms with Crippen molar-refractivity contribution in [2.24, 2.45) is 7.05 Å². The van der Waals surface area contributed by atoms with Crippen LogP contribution in [0.15, 0.2) is 30.5 Å². The van der Waals surface area contributed by atoms with Crippen LogP contribution in [0, 0.1) is 12.7 Å². The summed E-state index contributed by atoms with van der Waals surface area (Å²) in [5, 5.41) is 4.08. The summed E-state index contributed by atoms with van der Waals surface area (Å²) in [6, 6.07) is 5.66. The lowest BCUT2D eigenvalue weighted by Crippen LogP contribution is -2.02. The first-order valence-electron chi connectivity index (χ1n) is 4.88. The summed E-state index contributed by atoms with van der Waals surface area (Å²) in [5.41, 5.74) is 1.50. The van der Waals surface area contributed by atoms with Crippen molar-refractivity contribution < 1.29 is 9.18 Å². The van der Waals surface area contributed by atoms with E-state index in [-0.39, 0.29) is 5.78 Å². The molecule has 0 radical (unpaired) electrons. The van der Waals surface area contributed by atoms with E-state index in [1.54, 1.807) is 30.9 Å². The zero-order valence-corrected chi connectivity index (χ0v) is 9.07. The van der Waals surface area contributed by atoms with Crippen LogP contribution in [-0.4, -0.2) is 15.6 Å². The van der Waals surface area contributed by atoms with Crippen LogP contribution in [0.5, 0.6) is 0 Å². The number of hydrogen-bond donors (Lipinski definition) is 0. The Balaban J connectivity index is 2.43. The molecule has 2 aromatic rings. The first kappa shape index (κ1) is 10.5. The summed E-state index contributed by atoms with van der Waals surface area (Å²) in [5.74, 6) is -0.613. The van der Waals surface area contributed by atoms with Crippen LogP contribution in [-0.2, 0) is 7.05 Å². The summed E-state index contributed by atoms with van der Waals surface area (Å²) >= 11 is 0. The third kappa shape index (κ3) is 1.86. The molecule has 1 aromatic heterocycles. The van der Waals surface area contributed by atoms with E-state index in [1.165, 1.54) is 18.2 Å². The van der Waals surface area contributed by atoms with Crippen molar-refractivity contribution in [3.8, 4) is 0 Å². The third-order valence-corrected chi connectivity index (χ3v) is 2.34. The van der Waals surface area contributed by atoms with E-state index in [9.17, 15) is 9.18 Å². The zero-order chi connectivity index (χ0) is 11.7. The topological polar surface area (TPSA) is 34.9 Å². The van der Waals surface area contributed by atoms with Crippen LogP contribution in [0.4, 0.5) is 4.39 Å². The maximum atomic E-state index is 13.0. The molecule has 4 heteroatoms. The molecule has 16 heavy (non-hydrogen) atoms. The van der Waals surface area contributed by atoms with Crippen LogP contribution in [0.25, 0.3) is 0 Å². The highest BCUT2D eigenvalue weighted by atomic mass is 19.1. The average molecular weight is 218 g/mol. The van der Waals surface area contributed by atoms with E-state index >= 15 is 0 Å². The lowest BCUT2D eigenvalue weighted by atomic mass is 10.0. The number of rotatable bonds is 2. The molecule has 0 saturated heterocycles. The molecule has 3 nitrogen and oxygen atoms in total. The molecular weight excluding hydrogens is 207 g/mol. The highest BCUT2D eigenvalue weighted by Gasteiger charge is 2.14. The molecule has 0 spiro atoms. The van der Waals surface area contributed by atoms with Gasteiger partial charge in [0.15, 0.2) is 5.78 Å². The van der Waals surface area contributed by atoms with Gasteiger partial charge in [0, 0.05) is 18.8 Å². The second-order valence-electron chi connectivity index (χ2n) is 3.64. The van der Waals surface area contributed by atoms with Gasteiger partial charge in [0.2, 0.25) is 0 Å². The fourth-order valence-corrected chi connectivity index (χ4v) is 1.61. The highest BCUT2D eigenvalue weighted by Crippen LogP contribution is 2.13. The minimum Gasteiger partial charge on any atom is -0.288 e. The molecule has 0 aliphatic heterocycles. The fraction of sp³-hybridized carbons (Fsp3) is 0.167. The molecule has 0 aliphatic rings. The quantitative estimate of drug-likeness (QED) is 0.723. The molecule has 1 aromatic carbocycles. The molecule has 0 unspecified atom stereocenters. The second-order valence-corrected chi connectivity index (χ2v) is 3.64. The Hall–Kier alpha value is -1.97. The highest BCUT2D eigenvalue weighted by molar-refractivity contribution is 6.09. The minimum absolute atomic E-state index is 0.204. The first-order chi connectivity index (χ1) is 7.58. The summed E-state index contributed by atoms with van der Waals surface area (Å²) < 4.78 is 14.5. The van der Waals surface area contributed by atoms with Gasteiger partial charge in [0.05, 0.1) is 11.3 Å². The SMILES string of the molecule is Cc1nn(C)cc1C(=O)c1cccc(F)c1. The van der Waals surface area contributed by atoms with Crippen LogP contribution in [0.2, 0.25) is 0 Å². The molecule has 0 atom stereocenters. The summed E-state index contributed by atoms with van der Waals surface area (Å²) in [7, 11) is 1.75. The normalized spacial score (nSPS) is 10.4. The van der Waals surface area contributed by atoms with Gasteiger partial charge in [0.25, 0.3) is 0 Å². The van der Waals surface area contributed by atoms with Gasteiger partial charge in [-0.2, -0.15) is 5.10 Å². The maximum absolute atomic E-state index is 13.0. The number of nitrogens with zero attached hydrogens (tertiary/aromatic N) is 2. The van der Waals surface area contributed by atoms with Gasteiger partial charge >= 0.3 is 0 Å². The zero-order valence-electron chi connectivity index (χ0n) is 9.07. The molecule has 82 valence electrons. The Bertz CT molecular complexity index is 546. The Morgan fingerprint density at radius 2 is 2.19 bits per heavy atom. The molecule has 0 aliphatic carbocycles. The lowest BCUT2D eigenvalue weighted by molar-refractivity contribution is 0.103. The van der Waals surface area contributed by atoms with Crippen LogP contribution in [0.3, 0.4) is 0 Å². The van der Waals surface area contributed by atoms with Crippen LogP contribution in [0.1, 0.15) is 21.6 Å². The standard InChI is InChI=1S/C12H11FN2O/c1-8-11(7-15(2)14-8)12(16)9-4-3-5-10(13)6-9/h3-7H,1-2H3. The second kappa shape index (κ2) is 3.89. The Labute approximate surface area is 92.5 Å². The number of halogens is 1. The van der Waals surface area contributed by atoms with Gasteiger partial charge in [-0.1, -0.05) is 12.1 Å². The first-order valence-corrected chi connectivity index (χ1v) is 4.88. The Morgan fingerprint density at radius 3 is 2.75 bits per heavy atom. The predicted molar refractivity (Wildman–Crippen MR) is 57.8 cm³/mol. The molecule has 0 bridgehead atoms. The van der Waals surface area contributed by atoms with E-state index in [0.29, 0.717) is 16.8 Å². The summed E-state index contributed by atoms with van der Waals surface area (Å²) in [4.78, 5) is 12.0. The van der Waals surface area contributed by atoms with Crippen LogP contribution >= 0.6 is 0 Å². The molecular formula is C12H11FN2O. The number of hydrogen-bond acceptors (Lipinski definition) is 2. The van der Waals surface area contributed by atoms with Crippen LogP contribution < -0.4 is 0 Å². The van der Waals surface area contributed by atoms with Crippen molar-refractivity contribution in [1.29, 1.82) is 0 Å². The molecule has 0 saturated carbocycles. The molecule has 1 heterocycles. The van der Waals surface area contributed by atoms with Crippen molar-refractivity contribution in [2.75, 3.05) is 0 Å². The lowest BCUT2D eigenvalue weighted by Gasteiger charge is -1.98. The van der Waals surface area contributed by atoms with Crippen molar-refractivity contribution in [3.05, 3.63) is 53.1 Å². The molecule has 2 rings (SSSR count). The number of benzene rings is 1. The maximum Gasteiger partial charge on any atom is 0.196 e. The van der Waals surface area contributed by atoms with Crippen molar-refractivity contribution >= 4 is 5.78 Å². The van der Waals surface area contributed by atoms with Crippen molar-refractivity contribution in [1.82, 2.24) is 9.78 Å². The molecule has 0 fully saturated rings. The smallest absolute Gasteiger partial charge is 0.196 e. The van der Waals surface area contributed by atoms with Crippen molar-refractivity contribution in [2.45, 2.75) is 6.92 Å².